The van der Waals surface area contributed by atoms with E-state index in [0.717, 1.165) is 5.69 Å². The van der Waals surface area contributed by atoms with Crippen LogP contribution in [0.2, 0.25) is 19.6 Å². The molecule has 0 aliphatic heterocycles. The molecule has 1 rings (SSSR count). The molecule has 0 aliphatic rings. The van der Waals surface area contributed by atoms with E-state index in [1.54, 1.807) is 0 Å². The van der Waals surface area contributed by atoms with Gasteiger partial charge in [-0.1, -0.05) is 0 Å². The van der Waals surface area contributed by atoms with Gasteiger partial charge in [-0.05, 0) is 19.6 Å². The lowest BCUT2D eigenvalue weighted by molar-refractivity contribution is -0.507. The zero-order valence-electron chi connectivity index (χ0n) is 14.1. The van der Waals surface area contributed by atoms with E-state index >= 15 is 0 Å². The highest BCUT2D eigenvalue weighted by Crippen LogP contribution is 2.56. The summed E-state index contributed by atoms with van der Waals surface area (Å²) in [6, 6.07) is 3.97. The van der Waals surface area contributed by atoms with E-state index in [1.807, 2.05) is 47.9 Å². The molecule has 146 valence electrons. The fourth-order valence-electron chi connectivity index (χ4n) is 1.28. The van der Waals surface area contributed by atoms with Gasteiger partial charge >= 0.3 is 11.4 Å². The van der Waals surface area contributed by atoms with Gasteiger partial charge in [0.05, 0.1) is 0 Å². The molecule has 6 nitrogen and oxygen atoms in total. The van der Waals surface area contributed by atoms with Crippen molar-refractivity contribution in [3.63, 3.8) is 0 Å². The maximum absolute atomic E-state index is 10.7. The Hall–Kier alpha value is -0.323. The number of nitrogens with zero attached hydrogens (tertiary/aromatic N) is 3. The number of pyridine rings is 1. The quantitative estimate of drug-likeness (QED) is 0.293. The molecule has 14 heteroatoms. The van der Waals surface area contributed by atoms with E-state index in [-0.39, 0.29) is 0 Å². The summed E-state index contributed by atoms with van der Waals surface area (Å²) in [5.74, 6) is -2.44. The predicted octanol–water partition coefficient (Wildman–Crippen LogP) is 4.20. The fourth-order valence-corrected chi connectivity index (χ4v) is 9.72. The van der Waals surface area contributed by atoms with Crippen molar-refractivity contribution in [2.24, 2.45) is 4.41 Å². The minimum absolute atomic E-state index is 1.11. The lowest BCUT2D eigenvalue weighted by atomic mass is 10.4. The Morgan fingerprint density at radius 3 is 1.80 bits per heavy atom. The average Bonchev–Trinajstić information content (AvgIpc) is 2.34. The molecule has 0 aliphatic carbocycles. The lowest BCUT2D eigenvalue weighted by Crippen LogP contribution is -2.28. The normalized spacial score (nSPS) is 12.9. The van der Waals surface area contributed by atoms with E-state index in [9.17, 15) is 13.2 Å². The van der Waals surface area contributed by atoms with Crippen molar-refractivity contribution in [1.82, 2.24) is 0 Å². The van der Waals surface area contributed by atoms with Crippen molar-refractivity contribution in [1.29, 1.82) is 0 Å². The largest absolute Gasteiger partial charge is 0.741 e. The summed E-state index contributed by atoms with van der Waals surface area (Å²) in [7, 11) is -3.73. The molecule has 0 bridgehead atoms. The first-order valence-corrected chi connectivity index (χ1v) is 15.0. The molecule has 0 unspecified atom stereocenters. The zero-order valence-corrected chi connectivity index (χ0v) is 18.3. The number of alkyl halides is 3. The van der Waals surface area contributed by atoms with Gasteiger partial charge in [0.1, 0.15) is 0 Å². The SMILES string of the molecule is CN(C)c1cc[n+](P(Cl)(Cl)=N[Si](C)(C)C)cc1.O=S(=O)([O-])C(F)(F)F. The van der Waals surface area contributed by atoms with Gasteiger partial charge in [0.15, 0.2) is 30.7 Å². The molecule has 1 aromatic heterocycles. The summed E-state index contributed by atoms with van der Waals surface area (Å²) in [6.07, 6.45) is 3.79. The first kappa shape index (κ1) is 24.7. The van der Waals surface area contributed by atoms with E-state index in [1.165, 1.54) is 0 Å². The predicted molar refractivity (Wildman–Crippen MR) is 96.5 cm³/mol. The molecule has 0 radical (unpaired) electrons. The molecule has 1 heterocycles. The van der Waals surface area contributed by atoms with Crippen molar-refractivity contribution in [2.45, 2.75) is 25.1 Å². The van der Waals surface area contributed by atoms with Gasteiger partial charge in [0.25, 0.3) is 0 Å². The van der Waals surface area contributed by atoms with Crippen LogP contribution >= 0.6 is 28.4 Å². The molecule has 0 spiro atoms. The van der Waals surface area contributed by atoms with Crippen LogP contribution in [0.4, 0.5) is 18.9 Å². The minimum atomic E-state index is -6.09. The van der Waals surface area contributed by atoms with E-state index in [0.29, 0.717) is 0 Å². The molecule has 0 fully saturated rings. The Morgan fingerprint density at radius 2 is 1.56 bits per heavy atom. The molecular formula is C11H19Cl2F3N3O3PSSi. The van der Waals surface area contributed by atoms with Crippen LogP contribution in [0, 0.1) is 0 Å². The minimum Gasteiger partial charge on any atom is -0.741 e. The van der Waals surface area contributed by atoms with Gasteiger partial charge in [-0.3, -0.25) is 4.41 Å². The van der Waals surface area contributed by atoms with Crippen LogP contribution in [0.1, 0.15) is 0 Å². The summed E-state index contributed by atoms with van der Waals surface area (Å²) >= 11 is 12.7. The van der Waals surface area contributed by atoms with Crippen LogP contribution in [-0.4, -0.2) is 40.8 Å². The molecular weight excluding hydrogens is 441 g/mol. The number of hydrogen-bond donors (Lipinski definition) is 0. The first-order chi connectivity index (χ1) is 10.9. The first-order valence-electron chi connectivity index (χ1n) is 6.61. The Kier molecular flexibility index (Phi) is 8.47. The van der Waals surface area contributed by atoms with Crippen LogP contribution in [0.5, 0.6) is 0 Å². The number of rotatable bonds is 3. The van der Waals surface area contributed by atoms with Gasteiger partial charge in [0.2, 0.25) is 0 Å². The van der Waals surface area contributed by atoms with Crippen molar-refractivity contribution < 1.29 is 30.5 Å². The molecule has 0 saturated heterocycles. The van der Waals surface area contributed by atoms with Gasteiger partial charge in [-0.15, -0.1) is 0 Å². The molecule has 0 aromatic carbocycles. The van der Waals surface area contributed by atoms with E-state index < -0.39 is 29.8 Å². The van der Waals surface area contributed by atoms with Gasteiger partial charge in [-0.25, -0.2) is 8.42 Å². The summed E-state index contributed by atoms with van der Waals surface area (Å²) in [4.78, 5) is 2.03. The molecule has 0 N–H and O–H groups in total. The monoisotopic (exact) mass is 459 g/mol. The summed E-state index contributed by atoms with van der Waals surface area (Å²) in [5.41, 5.74) is -4.53. The van der Waals surface area contributed by atoms with Crippen molar-refractivity contribution in [3.8, 4) is 0 Å². The van der Waals surface area contributed by atoms with Crippen LogP contribution < -0.4 is 9.24 Å². The molecule has 0 saturated carbocycles. The second kappa shape index (κ2) is 8.58. The topological polar surface area (TPSA) is 76.7 Å². The molecule has 0 amide bonds. The standard InChI is InChI=1S/C10H19Cl2N3PSi.CHF3O3S/c1-14(2)10-6-8-15(9-7-10)16(11,12)13-17(3,4)5;2-1(3,4)8(5,6)7/h6-9H,1-5H3;(H,5,6,7)/q+1;/p-1. The highest BCUT2D eigenvalue weighted by molar-refractivity contribution is 8.06. The second-order valence-corrected chi connectivity index (χ2v) is 17.2. The highest BCUT2D eigenvalue weighted by Gasteiger charge is 2.37. The Labute approximate surface area is 156 Å². The van der Waals surface area contributed by atoms with Crippen molar-refractivity contribution >= 4 is 52.4 Å². The average molecular weight is 460 g/mol. The summed E-state index contributed by atoms with van der Waals surface area (Å²) in [6.45, 7) is 6.38. The third-order valence-electron chi connectivity index (χ3n) is 2.29. The van der Waals surface area contributed by atoms with E-state index in [4.69, 9.17) is 35.5 Å². The number of anilines is 1. The molecule has 25 heavy (non-hydrogen) atoms. The summed E-state index contributed by atoms with van der Waals surface area (Å²) in [5, 5.41) is 0. The molecule has 0 atom stereocenters. The van der Waals surface area contributed by atoms with E-state index in [2.05, 4.69) is 24.1 Å². The smallest absolute Gasteiger partial charge is 0.485 e. The van der Waals surface area contributed by atoms with Gasteiger partial charge < -0.3 is 9.45 Å². The van der Waals surface area contributed by atoms with Crippen LogP contribution in [-0.2, 0) is 10.1 Å². The summed E-state index contributed by atoms with van der Waals surface area (Å²) < 4.78 is 65.3. The van der Waals surface area contributed by atoms with Crippen molar-refractivity contribution in [3.05, 3.63) is 24.5 Å². The Balaban J connectivity index is 0.000000609. The third kappa shape index (κ3) is 9.25. The van der Waals surface area contributed by atoms with Crippen LogP contribution in [0.25, 0.3) is 0 Å². The maximum atomic E-state index is 10.7. The second-order valence-electron chi connectivity index (χ2n) is 5.96. The van der Waals surface area contributed by atoms with Crippen LogP contribution in [0.3, 0.4) is 0 Å². The van der Waals surface area contributed by atoms with Gasteiger partial charge in [-0.2, -0.15) is 17.5 Å². The zero-order chi connectivity index (χ0) is 20.3. The number of hydrogen-bond acceptors (Lipinski definition) is 5. The van der Waals surface area contributed by atoms with Crippen molar-refractivity contribution in [2.75, 3.05) is 19.0 Å². The molecule has 1 aromatic rings. The van der Waals surface area contributed by atoms with Crippen LogP contribution in [0.15, 0.2) is 28.9 Å². The number of halogens is 5. The Morgan fingerprint density at radius 1 is 1.20 bits per heavy atom. The lowest BCUT2D eigenvalue weighted by Gasteiger charge is -2.14. The van der Waals surface area contributed by atoms with Gasteiger partial charge in [0, 0.05) is 54.4 Å². The number of aromatic nitrogens is 1. The fraction of sp³-hybridized carbons (Fsp3) is 0.545. The highest BCUT2D eigenvalue weighted by atomic mass is 35.9. The maximum Gasteiger partial charge on any atom is 0.485 e. The third-order valence-corrected chi connectivity index (χ3v) is 9.45. The Bertz CT molecular complexity index is 732.